The lowest BCUT2D eigenvalue weighted by atomic mass is 9.98. The second-order valence-electron chi connectivity index (χ2n) is 13.9. The number of aliphatic hydroxyl groups excluding tert-OH is 1. The van der Waals surface area contributed by atoms with Crippen LogP contribution in [0.2, 0.25) is 0 Å². The van der Waals surface area contributed by atoms with Gasteiger partial charge in [0.1, 0.15) is 11.6 Å². The fourth-order valence-corrected chi connectivity index (χ4v) is 6.58. The number of esters is 1. The van der Waals surface area contributed by atoms with Crippen LogP contribution in [0.3, 0.4) is 0 Å². The van der Waals surface area contributed by atoms with E-state index in [-0.39, 0.29) is 36.7 Å². The molecule has 2 saturated heterocycles. The molecule has 49 heavy (non-hydrogen) atoms. The van der Waals surface area contributed by atoms with Gasteiger partial charge in [0.15, 0.2) is 6.29 Å². The van der Waals surface area contributed by atoms with Crippen molar-refractivity contribution in [1.82, 2.24) is 10.2 Å². The molecule has 0 saturated carbocycles. The smallest absolute Gasteiger partial charge is 0.323 e. The zero-order valence-electron chi connectivity index (χ0n) is 28.5. The van der Waals surface area contributed by atoms with Crippen LogP contribution in [0.25, 0.3) is 11.1 Å². The summed E-state index contributed by atoms with van der Waals surface area (Å²) in [5, 5.41) is 12.6. The van der Waals surface area contributed by atoms with E-state index in [1.54, 1.807) is 12.1 Å². The van der Waals surface area contributed by atoms with Gasteiger partial charge < -0.3 is 24.6 Å². The molecule has 2 heterocycles. The van der Waals surface area contributed by atoms with E-state index in [9.17, 15) is 14.7 Å². The van der Waals surface area contributed by atoms with E-state index in [4.69, 9.17) is 14.2 Å². The number of hydrogen-bond donors (Lipinski definition) is 2. The highest BCUT2D eigenvalue weighted by Gasteiger charge is 2.39. The summed E-state index contributed by atoms with van der Waals surface area (Å²) < 4.78 is 19.1. The summed E-state index contributed by atoms with van der Waals surface area (Å²) in [6.07, 6.45) is 1.27. The third-order valence-corrected chi connectivity index (χ3v) is 9.00. The standard InChI is InChI=1S/C41H46N2O6/c1-41(2,3)49-39(46)36-16-9-21-43(36)26-35-24-37(30-19-17-28(27-44)18-20-30)48-40(47-35)34-15-8-14-33(23-34)32-13-7-10-29(22-32)25-42-38(45)31-11-5-4-6-12-31/h4-8,10-15,17-20,22-23,35-37,40,44H,9,16,21,24-27H2,1-3H3,(H,42,45)/t35-,36-,37+,40+/m0/s1. The second-order valence-corrected chi connectivity index (χ2v) is 13.9. The Labute approximate surface area is 289 Å². The normalized spacial score (nSPS) is 21.3. The highest BCUT2D eigenvalue weighted by Crippen LogP contribution is 2.39. The fraction of sp³-hybridized carbons (Fsp3) is 0.366. The van der Waals surface area contributed by atoms with Crippen molar-refractivity contribution >= 4 is 11.9 Å². The van der Waals surface area contributed by atoms with Crippen molar-refractivity contribution in [2.24, 2.45) is 0 Å². The Morgan fingerprint density at radius 3 is 2.33 bits per heavy atom. The van der Waals surface area contributed by atoms with Crippen LogP contribution in [0.4, 0.5) is 0 Å². The first kappa shape index (κ1) is 34.5. The number of carbonyl (C=O) groups is 2. The average Bonchev–Trinajstić information content (AvgIpc) is 3.58. The third kappa shape index (κ3) is 9.02. The van der Waals surface area contributed by atoms with Gasteiger partial charge in [-0.15, -0.1) is 0 Å². The molecule has 4 atom stereocenters. The highest BCUT2D eigenvalue weighted by atomic mass is 16.7. The number of nitrogens with zero attached hydrogens (tertiary/aromatic N) is 1. The number of nitrogens with one attached hydrogen (secondary N) is 1. The molecule has 2 N–H and O–H groups in total. The number of hydrogen-bond acceptors (Lipinski definition) is 7. The van der Waals surface area contributed by atoms with E-state index < -0.39 is 11.9 Å². The molecule has 2 aliphatic heterocycles. The molecule has 8 nitrogen and oxygen atoms in total. The van der Waals surface area contributed by atoms with E-state index in [1.165, 1.54) is 0 Å². The van der Waals surface area contributed by atoms with Crippen LogP contribution in [0.15, 0.2) is 103 Å². The summed E-state index contributed by atoms with van der Waals surface area (Å²) in [6, 6.07) is 33.1. The first-order chi connectivity index (χ1) is 23.6. The second kappa shape index (κ2) is 15.5. The minimum atomic E-state index is -0.628. The van der Waals surface area contributed by atoms with Crippen molar-refractivity contribution in [3.8, 4) is 11.1 Å². The lowest BCUT2D eigenvalue weighted by Gasteiger charge is -2.38. The summed E-state index contributed by atoms with van der Waals surface area (Å²) in [6.45, 7) is 7.49. The predicted octanol–water partition coefficient (Wildman–Crippen LogP) is 7.13. The topological polar surface area (TPSA) is 97.3 Å². The molecule has 0 radical (unpaired) electrons. The number of carbonyl (C=O) groups excluding carboxylic acids is 2. The van der Waals surface area contributed by atoms with Crippen LogP contribution in [0.1, 0.15) is 85.0 Å². The quantitative estimate of drug-likeness (QED) is 0.175. The Balaban J connectivity index is 1.21. The molecule has 0 aromatic heterocycles. The highest BCUT2D eigenvalue weighted by molar-refractivity contribution is 5.94. The molecule has 2 fully saturated rings. The molecule has 1 amide bonds. The molecule has 0 aliphatic carbocycles. The Kier molecular flexibility index (Phi) is 10.9. The van der Waals surface area contributed by atoms with E-state index in [0.717, 1.165) is 52.8 Å². The van der Waals surface area contributed by atoms with Crippen LogP contribution >= 0.6 is 0 Å². The van der Waals surface area contributed by atoms with Crippen molar-refractivity contribution < 1.29 is 28.9 Å². The monoisotopic (exact) mass is 662 g/mol. The van der Waals surface area contributed by atoms with Crippen LogP contribution in [-0.2, 0) is 32.2 Å². The summed E-state index contributed by atoms with van der Waals surface area (Å²) in [7, 11) is 0. The zero-order valence-corrected chi connectivity index (χ0v) is 28.5. The van der Waals surface area contributed by atoms with Crippen LogP contribution in [0, 0.1) is 0 Å². The van der Waals surface area contributed by atoms with Crippen LogP contribution in [-0.4, -0.2) is 52.7 Å². The first-order valence-corrected chi connectivity index (χ1v) is 17.2. The average molecular weight is 663 g/mol. The summed E-state index contributed by atoms with van der Waals surface area (Å²) >= 11 is 0. The molecule has 0 spiro atoms. The van der Waals surface area contributed by atoms with Gasteiger partial charge >= 0.3 is 5.97 Å². The zero-order chi connectivity index (χ0) is 34.4. The number of amides is 1. The summed E-state index contributed by atoms with van der Waals surface area (Å²) in [5.41, 5.74) is 5.87. The minimum absolute atomic E-state index is 0.0193. The number of benzene rings is 4. The maximum Gasteiger partial charge on any atom is 0.323 e. The van der Waals surface area contributed by atoms with Crippen LogP contribution in [0.5, 0.6) is 0 Å². The van der Waals surface area contributed by atoms with Crippen molar-refractivity contribution in [2.45, 2.75) is 83.3 Å². The van der Waals surface area contributed by atoms with Gasteiger partial charge in [-0.25, -0.2) is 0 Å². The Morgan fingerprint density at radius 1 is 0.857 bits per heavy atom. The SMILES string of the molecule is CC(C)(C)OC(=O)[C@@H]1CCCN1C[C@@H]1C[C@H](c2ccc(CO)cc2)O[C@H](c2cccc(-c3cccc(CNC(=O)c4ccccc4)c3)c2)O1. The molecule has 0 unspecified atom stereocenters. The van der Waals surface area contributed by atoms with Crippen molar-refractivity contribution in [3.05, 3.63) is 131 Å². The van der Waals surface area contributed by atoms with Crippen LogP contribution < -0.4 is 5.32 Å². The van der Waals surface area contributed by atoms with Gasteiger partial charge in [0.05, 0.1) is 18.8 Å². The molecular formula is C41H46N2O6. The largest absolute Gasteiger partial charge is 0.459 e. The number of ether oxygens (including phenoxy) is 3. The molecular weight excluding hydrogens is 616 g/mol. The lowest BCUT2D eigenvalue weighted by molar-refractivity contribution is -0.253. The minimum Gasteiger partial charge on any atom is -0.459 e. The van der Waals surface area contributed by atoms with Gasteiger partial charge in [-0.1, -0.05) is 78.9 Å². The molecule has 4 aromatic rings. The Bertz CT molecular complexity index is 1720. The van der Waals surface area contributed by atoms with Gasteiger partial charge in [-0.3, -0.25) is 14.5 Å². The Hall–Kier alpha value is -4.34. The third-order valence-electron chi connectivity index (χ3n) is 9.00. The Morgan fingerprint density at radius 2 is 1.59 bits per heavy atom. The van der Waals surface area contributed by atoms with E-state index >= 15 is 0 Å². The predicted molar refractivity (Wildman–Crippen MR) is 188 cm³/mol. The summed E-state index contributed by atoms with van der Waals surface area (Å²) in [4.78, 5) is 27.9. The first-order valence-electron chi connectivity index (χ1n) is 17.2. The van der Waals surface area contributed by atoms with Gasteiger partial charge in [0.25, 0.3) is 5.91 Å². The lowest BCUT2D eigenvalue weighted by Crippen LogP contribution is -2.45. The van der Waals surface area contributed by atoms with Gasteiger partial charge in [-0.05, 0) is 92.2 Å². The van der Waals surface area contributed by atoms with E-state index in [1.807, 2.05) is 87.5 Å². The number of rotatable bonds is 10. The van der Waals surface area contributed by atoms with Gasteiger partial charge in [0.2, 0.25) is 0 Å². The molecule has 0 bridgehead atoms. The molecule has 2 aliphatic rings. The van der Waals surface area contributed by atoms with Crippen molar-refractivity contribution in [1.29, 1.82) is 0 Å². The van der Waals surface area contributed by atoms with Crippen molar-refractivity contribution in [2.75, 3.05) is 13.1 Å². The molecule has 4 aromatic carbocycles. The maximum atomic E-state index is 13.1. The molecule has 6 rings (SSSR count). The van der Waals surface area contributed by atoms with Gasteiger partial charge in [0, 0.05) is 30.6 Å². The van der Waals surface area contributed by atoms with Gasteiger partial charge in [-0.2, -0.15) is 0 Å². The summed E-state index contributed by atoms with van der Waals surface area (Å²) in [5.74, 6) is -0.291. The van der Waals surface area contributed by atoms with E-state index in [0.29, 0.717) is 25.1 Å². The van der Waals surface area contributed by atoms with Crippen molar-refractivity contribution in [3.63, 3.8) is 0 Å². The molecule has 8 heteroatoms. The fourth-order valence-electron chi connectivity index (χ4n) is 6.58. The molecule has 256 valence electrons. The number of aliphatic hydroxyl groups is 1. The maximum absolute atomic E-state index is 13.1. The van der Waals surface area contributed by atoms with E-state index in [2.05, 4.69) is 34.5 Å². The number of likely N-dealkylation sites (tertiary alicyclic amines) is 1.